The first kappa shape index (κ1) is 16.3. The van der Waals surface area contributed by atoms with Crippen LogP contribution in [0.3, 0.4) is 0 Å². The van der Waals surface area contributed by atoms with E-state index in [1.165, 1.54) is 0 Å². The molecular formula is C23H17N3O2. The normalized spacial score (nSPS) is 16.1. The van der Waals surface area contributed by atoms with Gasteiger partial charge in [0.25, 0.3) is 11.9 Å². The smallest absolute Gasteiger partial charge is 0.296 e. The Morgan fingerprint density at radius 3 is 2.50 bits per heavy atom. The molecule has 5 rings (SSSR count). The van der Waals surface area contributed by atoms with Gasteiger partial charge in [-0.3, -0.25) is 4.79 Å². The lowest BCUT2D eigenvalue weighted by molar-refractivity contribution is -0.116. The van der Waals surface area contributed by atoms with Crippen molar-refractivity contribution in [2.75, 3.05) is 10.6 Å². The van der Waals surface area contributed by atoms with Gasteiger partial charge < -0.3 is 15.1 Å². The topological polar surface area (TPSA) is 67.2 Å². The van der Waals surface area contributed by atoms with Gasteiger partial charge in [0.05, 0.1) is 0 Å². The maximum absolute atomic E-state index is 12.9. The molecule has 2 heterocycles. The van der Waals surface area contributed by atoms with Crippen LogP contribution in [0.25, 0.3) is 16.7 Å². The van der Waals surface area contributed by atoms with E-state index in [9.17, 15) is 4.79 Å². The van der Waals surface area contributed by atoms with Gasteiger partial charge >= 0.3 is 0 Å². The lowest BCUT2D eigenvalue weighted by atomic mass is 9.96. The van der Waals surface area contributed by atoms with Gasteiger partial charge in [0.15, 0.2) is 5.58 Å². The Kier molecular flexibility index (Phi) is 3.91. The molecule has 1 atom stereocenters. The third kappa shape index (κ3) is 2.93. The largest absolute Gasteiger partial charge is 0.424 e. The summed E-state index contributed by atoms with van der Waals surface area (Å²) in [5, 5.41) is 6.13. The maximum Gasteiger partial charge on any atom is 0.296 e. The van der Waals surface area contributed by atoms with Crippen LogP contribution in [0.5, 0.6) is 0 Å². The standard InChI is InChI=1S/C23H17N3O2/c27-22-20(26-23-25-19-12-6-7-13-21(19)28-23)14-17(15-8-2-1-3-9-15)16-10-4-5-11-18(16)24-22/h1-14,20H,(H,24,27)(H,25,26)/t20-/m0/s1. The Balaban J connectivity index is 1.58. The van der Waals surface area contributed by atoms with Gasteiger partial charge in [0.2, 0.25) is 0 Å². The van der Waals surface area contributed by atoms with Gasteiger partial charge in [-0.15, -0.1) is 0 Å². The van der Waals surface area contributed by atoms with Crippen molar-refractivity contribution < 1.29 is 9.21 Å². The number of amides is 1. The molecule has 1 aromatic heterocycles. The number of fused-ring (bicyclic) bond motifs is 2. The van der Waals surface area contributed by atoms with Gasteiger partial charge in [-0.2, -0.15) is 4.98 Å². The number of para-hydroxylation sites is 3. The number of nitrogens with zero attached hydrogens (tertiary/aromatic N) is 1. The van der Waals surface area contributed by atoms with E-state index >= 15 is 0 Å². The lowest BCUT2D eigenvalue weighted by Crippen LogP contribution is -2.32. The molecule has 0 saturated carbocycles. The summed E-state index contributed by atoms with van der Waals surface area (Å²) < 4.78 is 5.75. The summed E-state index contributed by atoms with van der Waals surface area (Å²) in [6.45, 7) is 0. The number of rotatable bonds is 3. The number of carbonyl (C=O) groups excluding carboxylic acids is 1. The Morgan fingerprint density at radius 1 is 0.893 bits per heavy atom. The van der Waals surface area contributed by atoms with Crippen LogP contribution in [-0.2, 0) is 4.79 Å². The number of hydrogen-bond acceptors (Lipinski definition) is 4. The van der Waals surface area contributed by atoms with Crippen LogP contribution in [0.2, 0.25) is 0 Å². The van der Waals surface area contributed by atoms with E-state index < -0.39 is 6.04 Å². The van der Waals surface area contributed by atoms with E-state index in [-0.39, 0.29) is 5.91 Å². The average Bonchev–Trinajstić information content (AvgIpc) is 3.08. The summed E-state index contributed by atoms with van der Waals surface area (Å²) in [6, 6.07) is 25.0. The minimum Gasteiger partial charge on any atom is -0.424 e. The van der Waals surface area contributed by atoms with Crippen LogP contribution in [0, 0.1) is 0 Å². The molecule has 1 aliphatic rings. The lowest BCUT2D eigenvalue weighted by Gasteiger charge is -2.12. The number of hydrogen-bond donors (Lipinski definition) is 2. The number of oxazole rings is 1. The Bertz CT molecular complexity index is 1160. The zero-order chi connectivity index (χ0) is 18.9. The number of carbonyl (C=O) groups is 1. The van der Waals surface area contributed by atoms with E-state index in [0.717, 1.165) is 27.9 Å². The highest BCUT2D eigenvalue weighted by molar-refractivity contribution is 6.05. The van der Waals surface area contributed by atoms with Crippen LogP contribution in [0.15, 0.2) is 89.4 Å². The van der Waals surface area contributed by atoms with E-state index in [0.29, 0.717) is 11.6 Å². The quantitative estimate of drug-likeness (QED) is 0.551. The summed E-state index contributed by atoms with van der Waals surface area (Å²) in [5.74, 6) is -0.166. The minimum absolute atomic E-state index is 0.166. The highest BCUT2D eigenvalue weighted by atomic mass is 16.4. The van der Waals surface area contributed by atoms with Crippen molar-refractivity contribution in [1.29, 1.82) is 0 Å². The van der Waals surface area contributed by atoms with E-state index in [4.69, 9.17) is 4.42 Å². The molecule has 2 N–H and O–H groups in total. The van der Waals surface area contributed by atoms with Crippen molar-refractivity contribution in [3.05, 3.63) is 96.1 Å². The van der Waals surface area contributed by atoms with Crippen molar-refractivity contribution in [3.63, 3.8) is 0 Å². The number of aromatic nitrogens is 1. The Hall–Kier alpha value is -3.86. The molecule has 5 nitrogen and oxygen atoms in total. The number of benzene rings is 3. The second-order valence-corrected chi connectivity index (χ2v) is 6.59. The van der Waals surface area contributed by atoms with Crippen molar-refractivity contribution in [3.8, 4) is 0 Å². The van der Waals surface area contributed by atoms with Gasteiger partial charge in [-0.05, 0) is 35.4 Å². The fraction of sp³-hybridized carbons (Fsp3) is 0.0435. The van der Waals surface area contributed by atoms with Crippen molar-refractivity contribution in [2.45, 2.75) is 6.04 Å². The highest BCUT2D eigenvalue weighted by Crippen LogP contribution is 2.33. The van der Waals surface area contributed by atoms with Crippen LogP contribution in [0.1, 0.15) is 11.1 Å². The van der Waals surface area contributed by atoms with Gasteiger partial charge in [-0.1, -0.05) is 60.7 Å². The Labute approximate surface area is 161 Å². The molecule has 0 spiro atoms. The van der Waals surface area contributed by atoms with Crippen molar-refractivity contribution in [1.82, 2.24) is 4.98 Å². The Morgan fingerprint density at radius 2 is 1.64 bits per heavy atom. The molecule has 0 aliphatic carbocycles. The summed E-state index contributed by atoms with van der Waals surface area (Å²) in [6.07, 6.45) is 1.92. The maximum atomic E-state index is 12.9. The summed E-state index contributed by atoms with van der Waals surface area (Å²) >= 11 is 0. The van der Waals surface area contributed by atoms with Crippen LogP contribution in [0.4, 0.5) is 11.7 Å². The SMILES string of the molecule is O=C1Nc2ccccc2C(c2ccccc2)=C[C@@H]1Nc1nc2ccccc2o1. The summed E-state index contributed by atoms with van der Waals surface area (Å²) in [7, 11) is 0. The van der Waals surface area contributed by atoms with Crippen LogP contribution >= 0.6 is 0 Å². The minimum atomic E-state index is -0.629. The third-order valence-electron chi connectivity index (χ3n) is 4.75. The average molecular weight is 367 g/mol. The molecule has 0 unspecified atom stereocenters. The molecule has 1 aliphatic heterocycles. The predicted octanol–water partition coefficient (Wildman–Crippen LogP) is 4.69. The molecule has 136 valence electrons. The highest BCUT2D eigenvalue weighted by Gasteiger charge is 2.25. The van der Waals surface area contributed by atoms with Gasteiger partial charge in [-0.25, -0.2) is 0 Å². The molecular weight excluding hydrogens is 350 g/mol. The van der Waals surface area contributed by atoms with E-state index in [2.05, 4.69) is 15.6 Å². The van der Waals surface area contributed by atoms with Crippen LogP contribution in [-0.4, -0.2) is 16.9 Å². The van der Waals surface area contributed by atoms with E-state index in [1.807, 2.05) is 84.9 Å². The zero-order valence-corrected chi connectivity index (χ0v) is 14.9. The fourth-order valence-corrected chi connectivity index (χ4v) is 3.41. The predicted molar refractivity (Wildman–Crippen MR) is 110 cm³/mol. The van der Waals surface area contributed by atoms with Crippen molar-refractivity contribution >= 4 is 34.3 Å². The first-order valence-corrected chi connectivity index (χ1v) is 9.07. The summed E-state index contributed by atoms with van der Waals surface area (Å²) in [5.41, 5.74) is 5.19. The van der Waals surface area contributed by atoms with Crippen LogP contribution < -0.4 is 10.6 Å². The molecule has 4 aromatic rings. The molecule has 3 aromatic carbocycles. The second-order valence-electron chi connectivity index (χ2n) is 6.59. The molecule has 0 fully saturated rings. The van der Waals surface area contributed by atoms with Crippen molar-refractivity contribution in [2.24, 2.45) is 0 Å². The third-order valence-corrected chi connectivity index (χ3v) is 4.75. The number of nitrogens with one attached hydrogen (secondary N) is 2. The molecule has 0 bridgehead atoms. The van der Waals surface area contributed by atoms with Gasteiger partial charge in [0.1, 0.15) is 11.6 Å². The number of anilines is 2. The first-order chi connectivity index (χ1) is 13.8. The molecule has 0 radical (unpaired) electrons. The van der Waals surface area contributed by atoms with Gasteiger partial charge in [0, 0.05) is 11.3 Å². The molecule has 5 heteroatoms. The molecule has 28 heavy (non-hydrogen) atoms. The molecule has 1 amide bonds. The van der Waals surface area contributed by atoms with E-state index in [1.54, 1.807) is 0 Å². The summed E-state index contributed by atoms with van der Waals surface area (Å²) in [4.78, 5) is 17.3. The molecule has 0 saturated heterocycles. The second kappa shape index (κ2) is 6.70. The first-order valence-electron chi connectivity index (χ1n) is 9.07. The monoisotopic (exact) mass is 367 g/mol. The zero-order valence-electron chi connectivity index (χ0n) is 14.9. The fourth-order valence-electron chi connectivity index (χ4n) is 3.41.